The fourth-order valence-corrected chi connectivity index (χ4v) is 5.21. The monoisotopic (exact) mass is 415 g/mol. The number of aryl methyl sites for hydroxylation is 1. The molecule has 0 unspecified atom stereocenters. The van der Waals surface area contributed by atoms with Crippen molar-refractivity contribution in [2.24, 2.45) is 0 Å². The number of carbonyl (C=O) groups is 2. The fourth-order valence-electron chi connectivity index (χ4n) is 3.48. The number of ether oxygens (including phenoxy) is 1. The summed E-state index contributed by atoms with van der Waals surface area (Å²) in [6.45, 7) is 3.69. The molecule has 1 saturated carbocycles. The predicted molar refractivity (Wildman–Crippen MR) is 111 cm³/mol. The van der Waals surface area contributed by atoms with Gasteiger partial charge in [-0.1, -0.05) is 24.3 Å². The Morgan fingerprint density at radius 1 is 1.14 bits per heavy atom. The summed E-state index contributed by atoms with van der Waals surface area (Å²) < 4.78 is 33.3. The van der Waals surface area contributed by atoms with Gasteiger partial charge in [0.25, 0.3) is 10.0 Å². The van der Waals surface area contributed by atoms with E-state index in [0.29, 0.717) is 24.1 Å². The molecule has 0 aliphatic heterocycles. The number of anilines is 1. The van der Waals surface area contributed by atoms with Crippen LogP contribution in [0.3, 0.4) is 0 Å². The molecule has 0 bridgehead atoms. The van der Waals surface area contributed by atoms with Crippen molar-refractivity contribution in [3.63, 3.8) is 0 Å². The van der Waals surface area contributed by atoms with Gasteiger partial charge in [-0.05, 0) is 62.9 Å². The minimum absolute atomic E-state index is 0.0487. The summed E-state index contributed by atoms with van der Waals surface area (Å²) in [5, 5.41) is 0. The second-order valence-corrected chi connectivity index (χ2v) is 8.92. The normalized spacial score (nSPS) is 17.0. The van der Waals surface area contributed by atoms with E-state index < -0.39 is 22.1 Å². The maximum absolute atomic E-state index is 13.3. The Morgan fingerprint density at radius 3 is 2.52 bits per heavy atom. The molecule has 0 saturated heterocycles. The molecule has 0 heterocycles. The SMILES string of the molecule is CCN(c1ccccc1)S(=O)(=O)c1cc(C(=O)O[C@@H]2CCCCC2=O)ccc1C. The second-order valence-electron chi connectivity index (χ2n) is 7.09. The van der Waals surface area contributed by atoms with Crippen LogP contribution < -0.4 is 4.31 Å². The zero-order valence-corrected chi connectivity index (χ0v) is 17.4. The van der Waals surface area contributed by atoms with E-state index in [1.807, 2.05) is 6.07 Å². The molecule has 0 amide bonds. The highest BCUT2D eigenvalue weighted by molar-refractivity contribution is 7.92. The van der Waals surface area contributed by atoms with Gasteiger partial charge in [-0.3, -0.25) is 9.10 Å². The summed E-state index contributed by atoms with van der Waals surface area (Å²) in [7, 11) is -3.88. The molecule has 3 rings (SSSR count). The molecular weight excluding hydrogens is 390 g/mol. The molecule has 0 N–H and O–H groups in total. The number of hydrogen-bond acceptors (Lipinski definition) is 5. The summed E-state index contributed by atoms with van der Waals surface area (Å²) in [5.74, 6) is -0.754. The van der Waals surface area contributed by atoms with E-state index in [-0.39, 0.29) is 22.8 Å². The van der Waals surface area contributed by atoms with Crippen LogP contribution in [-0.4, -0.2) is 32.8 Å². The Morgan fingerprint density at radius 2 is 1.86 bits per heavy atom. The van der Waals surface area contributed by atoms with Crippen molar-refractivity contribution in [3.8, 4) is 0 Å². The molecule has 6 nitrogen and oxygen atoms in total. The van der Waals surface area contributed by atoms with Crippen molar-refractivity contribution in [3.05, 3.63) is 59.7 Å². The second kappa shape index (κ2) is 8.78. The molecule has 1 aliphatic rings. The summed E-state index contributed by atoms with van der Waals surface area (Å²) in [5.41, 5.74) is 1.21. The van der Waals surface area contributed by atoms with Crippen molar-refractivity contribution in [2.75, 3.05) is 10.8 Å². The number of rotatable bonds is 6. The Bertz CT molecular complexity index is 1000. The lowest BCUT2D eigenvalue weighted by atomic mass is 9.96. The zero-order chi connectivity index (χ0) is 21.0. The third-order valence-corrected chi connectivity index (χ3v) is 7.12. The number of sulfonamides is 1. The molecule has 0 aromatic heterocycles. The number of esters is 1. The highest BCUT2D eigenvalue weighted by Gasteiger charge is 2.29. The topological polar surface area (TPSA) is 80.8 Å². The van der Waals surface area contributed by atoms with Crippen molar-refractivity contribution in [1.29, 1.82) is 0 Å². The van der Waals surface area contributed by atoms with Gasteiger partial charge in [0.1, 0.15) is 0 Å². The molecule has 29 heavy (non-hydrogen) atoms. The van der Waals surface area contributed by atoms with Gasteiger partial charge >= 0.3 is 5.97 Å². The highest BCUT2D eigenvalue weighted by Crippen LogP contribution is 2.27. The zero-order valence-electron chi connectivity index (χ0n) is 16.6. The maximum Gasteiger partial charge on any atom is 0.338 e. The van der Waals surface area contributed by atoms with Crippen molar-refractivity contribution in [1.82, 2.24) is 0 Å². The third-order valence-electron chi connectivity index (χ3n) is 5.07. The quantitative estimate of drug-likeness (QED) is 0.669. The van der Waals surface area contributed by atoms with Crippen LogP contribution in [0, 0.1) is 6.92 Å². The summed E-state index contributed by atoms with van der Waals surface area (Å²) in [4.78, 5) is 24.6. The van der Waals surface area contributed by atoms with E-state index in [9.17, 15) is 18.0 Å². The average Bonchev–Trinajstić information content (AvgIpc) is 2.71. The lowest BCUT2D eigenvalue weighted by molar-refractivity contribution is -0.129. The standard InChI is InChI=1S/C22H25NO5S/c1-3-23(18-9-5-4-6-10-18)29(26,27)21-15-17(14-13-16(21)2)22(25)28-20-12-8-7-11-19(20)24/h4-6,9-10,13-15,20H,3,7-8,11-12H2,1-2H3/t20-/m1/s1. The van der Waals surface area contributed by atoms with Gasteiger partial charge in [-0.2, -0.15) is 0 Å². The first kappa shape index (κ1) is 21.0. The molecule has 1 atom stereocenters. The van der Waals surface area contributed by atoms with Gasteiger partial charge in [0, 0.05) is 13.0 Å². The molecule has 0 radical (unpaired) electrons. The predicted octanol–water partition coefficient (Wildman–Crippen LogP) is 3.88. The van der Waals surface area contributed by atoms with Crippen LogP contribution in [-0.2, 0) is 19.6 Å². The lowest BCUT2D eigenvalue weighted by Crippen LogP contribution is -2.32. The van der Waals surface area contributed by atoms with Gasteiger partial charge in [0.2, 0.25) is 0 Å². The first-order chi connectivity index (χ1) is 13.8. The summed E-state index contributed by atoms with van der Waals surface area (Å²) in [6, 6.07) is 13.3. The van der Waals surface area contributed by atoms with E-state index in [0.717, 1.165) is 12.8 Å². The lowest BCUT2D eigenvalue weighted by Gasteiger charge is -2.24. The van der Waals surface area contributed by atoms with Gasteiger partial charge in [0.15, 0.2) is 11.9 Å². The molecular formula is C22H25NO5S. The van der Waals surface area contributed by atoms with Crippen LogP contribution in [0.4, 0.5) is 5.69 Å². The molecule has 2 aromatic rings. The Balaban J connectivity index is 1.91. The number of Topliss-reactive ketones (excluding diaryl/α,β-unsaturated/α-hetero) is 1. The van der Waals surface area contributed by atoms with E-state index in [1.54, 1.807) is 44.2 Å². The average molecular weight is 416 g/mol. The van der Waals surface area contributed by atoms with E-state index in [4.69, 9.17) is 4.74 Å². The van der Waals surface area contributed by atoms with Crippen LogP contribution in [0.1, 0.15) is 48.5 Å². The number of carbonyl (C=O) groups excluding carboxylic acids is 2. The number of benzene rings is 2. The molecule has 0 spiro atoms. The molecule has 2 aromatic carbocycles. The Labute approximate surface area is 171 Å². The van der Waals surface area contributed by atoms with Gasteiger partial charge < -0.3 is 4.74 Å². The van der Waals surface area contributed by atoms with E-state index in [2.05, 4.69) is 0 Å². The number of para-hydroxylation sites is 1. The van der Waals surface area contributed by atoms with Crippen LogP contribution in [0.25, 0.3) is 0 Å². The first-order valence-corrected chi connectivity index (χ1v) is 11.2. The van der Waals surface area contributed by atoms with E-state index >= 15 is 0 Å². The Kier molecular flexibility index (Phi) is 6.37. The molecule has 1 fully saturated rings. The number of ketones is 1. The van der Waals surface area contributed by atoms with Gasteiger partial charge in [-0.15, -0.1) is 0 Å². The Hall–Kier alpha value is -2.67. The van der Waals surface area contributed by atoms with Crippen LogP contribution in [0.5, 0.6) is 0 Å². The van der Waals surface area contributed by atoms with Crippen molar-refractivity contribution >= 4 is 27.5 Å². The van der Waals surface area contributed by atoms with Crippen molar-refractivity contribution in [2.45, 2.75) is 50.5 Å². The van der Waals surface area contributed by atoms with Crippen molar-refractivity contribution < 1.29 is 22.7 Å². The maximum atomic E-state index is 13.3. The highest BCUT2D eigenvalue weighted by atomic mass is 32.2. The van der Waals surface area contributed by atoms with Crippen LogP contribution >= 0.6 is 0 Å². The fraction of sp³-hybridized carbons (Fsp3) is 0.364. The summed E-state index contributed by atoms with van der Waals surface area (Å²) in [6.07, 6.45) is 1.83. The third kappa shape index (κ3) is 4.50. The number of hydrogen-bond donors (Lipinski definition) is 0. The van der Waals surface area contributed by atoms with Gasteiger partial charge in [0.05, 0.1) is 16.1 Å². The van der Waals surface area contributed by atoms with Crippen LogP contribution in [0.2, 0.25) is 0 Å². The van der Waals surface area contributed by atoms with E-state index in [1.165, 1.54) is 16.4 Å². The molecule has 1 aliphatic carbocycles. The smallest absolute Gasteiger partial charge is 0.338 e. The van der Waals surface area contributed by atoms with Crippen LogP contribution in [0.15, 0.2) is 53.4 Å². The van der Waals surface area contributed by atoms with Gasteiger partial charge in [-0.25, -0.2) is 13.2 Å². The minimum Gasteiger partial charge on any atom is -0.451 e. The minimum atomic E-state index is -3.88. The first-order valence-electron chi connectivity index (χ1n) is 9.76. The molecule has 7 heteroatoms. The summed E-state index contributed by atoms with van der Waals surface area (Å²) >= 11 is 0. The molecule has 154 valence electrons. The number of nitrogens with zero attached hydrogens (tertiary/aromatic N) is 1. The largest absolute Gasteiger partial charge is 0.451 e.